The Hall–Kier alpha value is -1.96. The number of amides is 1. The van der Waals surface area contributed by atoms with E-state index in [0.717, 1.165) is 4.47 Å². The van der Waals surface area contributed by atoms with Crippen molar-refractivity contribution < 1.29 is 4.79 Å². The summed E-state index contributed by atoms with van der Waals surface area (Å²) in [5, 5.41) is 12.0. The van der Waals surface area contributed by atoms with Crippen molar-refractivity contribution in [3.63, 3.8) is 0 Å². The number of aromatic nitrogens is 4. The fourth-order valence-corrected chi connectivity index (χ4v) is 1.72. The lowest BCUT2D eigenvalue weighted by atomic mass is 10.2. The Morgan fingerprint density at radius 2 is 2.33 bits per heavy atom. The summed E-state index contributed by atoms with van der Waals surface area (Å²) >= 11 is 3.28. The first-order chi connectivity index (χ1) is 8.70. The number of anilines is 1. The first-order valence-corrected chi connectivity index (χ1v) is 5.95. The standard InChI is InChI=1S/C10H11BrN6O/c1-12-9-7(2-6(11)3-13-9)10(18)14-4-8-15-5-16-17-8/h2-3,5H,4H2,1H3,(H,12,13)(H,14,18)(H,15,16,17). The Balaban J connectivity index is 2.10. The Morgan fingerprint density at radius 1 is 1.50 bits per heavy atom. The molecule has 3 N–H and O–H groups in total. The summed E-state index contributed by atoms with van der Waals surface area (Å²) in [7, 11) is 1.71. The van der Waals surface area contributed by atoms with Gasteiger partial charge in [0.25, 0.3) is 5.91 Å². The summed E-state index contributed by atoms with van der Waals surface area (Å²) in [6.07, 6.45) is 3.01. The van der Waals surface area contributed by atoms with E-state index in [0.29, 0.717) is 17.2 Å². The van der Waals surface area contributed by atoms with Crippen molar-refractivity contribution in [1.29, 1.82) is 0 Å². The van der Waals surface area contributed by atoms with Crippen LogP contribution in [0.5, 0.6) is 0 Å². The van der Waals surface area contributed by atoms with Crippen LogP contribution in [0.1, 0.15) is 16.2 Å². The molecule has 0 bridgehead atoms. The summed E-state index contributed by atoms with van der Waals surface area (Å²) in [4.78, 5) is 20.0. The van der Waals surface area contributed by atoms with Crippen LogP contribution in [0.15, 0.2) is 23.1 Å². The second kappa shape index (κ2) is 5.58. The molecule has 0 saturated carbocycles. The van der Waals surface area contributed by atoms with Gasteiger partial charge in [0.05, 0.1) is 12.1 Å². The third-order valence-electron chi connectivity index (χ3n) is 2.22. The summed E-state index contributed by atoms with van der Waals surface area (Å²) in [6, 6.07) is 1.70. The fraction of sp³-hybridized carbons (Fsp3) is 0.200. The topological polar surface area (TPSA) is 95.6 Å². The number of halogens is 1. The van der Waals surface area contributed by atoms with Gasteiger partial charge in [0, 0.05) is 17.7 Å². The van der Waals surface area contributed by atoms with Crippen LogP contribution in [0.25, 0.3) is 0 Å². The normalized spacial score (nSPS) is 10.1. The number of nitrogens with zero attached hydrogens (tertiary/aromatic N) is 3. The molecule has 0 aliphatic carbocycles. The van der Waals surface area contributed by atoms with E-state index in [2.05, 4.69) is 46.7 Å². The highest BCUT2D eigenvalue weighted by molar-refractivity contribution is 9.10. The van der Waals surface area contributed by atoms with Crippen molar-refractivity contribution in [2.24, 2.45) is 0 Å². The number of nitrogens with one attached hydrogen (secondary N) is 3. The number of rotatable bonds is 4. The molecule has 0 aliphatic heterocycles. The van der Waals surface area contributed by atoms with Gasteiger partial charge < -0.3 is 10.6 Å². The van der Waals surface area contributed by atoms with E-state index in [1.807, 2.05) is 0 Å². The van der Waals surface area contributed by atoms with Gasteiger partial charge in [-0.2, -0.15) is 5.10 Å². The van der Waals surface area contributed by atoms with Gasteiger partial charge in [0.2, 0.25) is 0 Å². The largest absolute Gasteiger partial charge is 0.372 e. The summed E-state index contributed by atoms with van der Waals surface area (Å²) in [5.74, 6) is 0.884. The highest BCUT2D eigenvalue weighted by atomic mass is 79.9. The minimum Gasteiger partial charge on any atom is -0.372 e. The van der Waals surface area contributed by atoms with Crippen molar-refractivity contribution >= 4 is 27.7 Å². The van der Waals surface area contributed by atoms with Crippen LogP contribution in [-0.4, -0.2) is 33.1 Å². The van der Waals surface area contributed by atoms with E-state index >= 15 is 0 Å². The summed E-state index contributed by atoms with van der Waals surface area (Å²) < 4.78 is 0.742. The molecule has 0 aromatic carbocycles. The monoisotopic (exact) mass is 310 g/mol. The van der Waals surface area contributed by atoms with E-state index in [1.54, 1.807) is 19.3 Å². The first kappa shape index (κ1) is 12.5. The van der Waals surface area contributed by atoms with Crippen molar-refractivity contribution in [2.75, 3.05) is 12.4 Å². The van der Waals surface area contributed by atoms with Crippen LogP contribution in [0.2, 0.25) is 0 Å². The van der Waals surface area contributed by atoms with Crippen molar-refractivity contribution in [3.8, 4) is 0 Å². The van der Waals surface area contributed by atoms with Gasteiger partial charge in [-0.05, 0) is 22.0 Å². The second-order valence-corrected chi connectivity index (χ2v) is 4.33. The molecule has 0 aliphatic rings. The first-order valence-electron chi connectivity index (χ1n) is 5.16. The number of H-pyrrole nitrogens is 1. The Bertz CT molecular complexity index is 541. The minimum absolute atomic E-state index is 0.232. The van der Waals surface area contributed by atoms with Crippen LogP contribution < -0.4 is 10.6 Å². The molecule has 0 fully saturated rings. The Morgan fingerprint density at radius 3 is 3.00 bits per heavy atom. The maximum Gasteiger partial charge on any atom is 0.255 e. The predicted molar refractivity (Wildman–Crippen MR) is 69.0 cm³/mol. The molecule has 8 heteroatoms. The van der Waals surface area contributed by atoms with Crippen molar-refractivity contribution in [1.82, 2.24) is 25.5 Å². The molecule has 18 heavy (non-hydrogen) atoms. The number of carbonyl (C=O) groups excluding carboxylic acids is 1. The number of hydrogen-bond acceptors (Lipinski definition) is 5. The van der Waals surface area contributed by atoms with E-state index in [-0.39, 0.29) is 12.5 Å². The molecular weight excluding hydrogens is 300 g/mol. The van der Waals surface area contributed by atoms with Crippen molar-refractivity contribution in [2.45, 2.75) is 6.54 Å². The zero-order valence-electron chi connectivity index (χ0n) is 9.57. The van der Waals surface area contributed by atoms with Gasteiger partial charge in [-0.15, -0.1) is 0 Å². The summed E-state index contributed by atoms with van der Waals surface area (Å²) in [5.41, 5.74) is 0.464. The average Bonchev–Trinajstić information content (AvgIpc) is 2.89. The zero-order chi connectivity index (χ0) is 13.0. The molecule has 2 aromatic rings. The van der Waals surface area contributed by atoms with Crippen LogP contribution >= 0.6 is 15.9 Å². The van der Waals surface area contributed by atoms with Gasteiger partial charge in [-0.1, -0.05) is 0 Å². The smallest absolute Gasteiger partial charge is 0.255 e. The van der Waals surface area contributed by atoms with Gasteiger partial charge in [0.1, 0.15) is 18.0 Å². The summed E-state index contributed by atoms with van der Waals surface area (Å²) in [6.45, 7) is 0.286. The third kappa shape index (κ3) is 2.83. The van der Waals surface area contributed by atoms with Gasteiger partial charge >= 0.3 is 0 Å². The molecule has 0 radical (unpaired) electrons. The van der Waals surface area contributed by atoms with Crippen LogP contribution in [0.3, 0.4) is 0 Å². The lowest BCUT2D eigenvalue weighted by molar-refractivity contribution is 0.0950. The molecule has 2 rings (SSSR count). The van der Waals surface area contributed by atoms with E-state index in [9.17, 15) is 4.79 Å². The molecule has 2 heterocycles. The van der Waals surface area contributed by atoms with E-state index in [1.165, 1.54) is 6.33 Å². The quantitative estimate of drug-likeness (QED) is 0.781. The SMILES string of the molecule is CNc1ncc(Br)cc1C(=O)NCc1ncn[nH]1. The van der Waals surface area contributed by atoms with Crippen LogP contribution in [0.4, 0.5) is 5.82 Å². The Labute approximate surface area is 112 Å². The third-order valence-corrected chi connectivity index (χ3v) is 2.65. The maximum atomic E-state index is 12.0. The van der Waals surface area contributed by atoms with Crippen molar-refractivity contribution in [3.05, 3.63) is 34.5 Å². The number of aromatic amines is 1. The molecular formula is C10H11BrN6O. The lowest BCUT2D eigenvalue weighted by Crippen LogP contribution is -2.24. The molecule has 1 amide bonds. The molecule has 0 unspecified atom stereocenters. The zero-order valence-corrected chi connectivity index (χ0v) is 11.2. The second-order valence-electron chi connectivity index (χ2n) is 3.41. The van der Waals surface area contributed by atoms with E-state index < -0.39 is 0 Å². The van der Waals surface area contributed by atoms with Gasteiger partial charge in [0.15, 0.2) is 0 Å². The molecule has 7 nitrogen and oxygen atoms in total. The van der Waals surface area contributed by atoms with Gasteiger partial charge in [-0.25, -0.2) is 9.97 Å². The highest BCUT2D eigenvalue weighted by Gasteiger charge is 2.12. The number of hydrogen-bond donors (Lipinski definition) is 3. The molecule has 0 spiro atoms. The highest BCUT2D eigenvalue weighted by Crippen LogP contribution is 2.17. The van der Waals surface area contributed by atoms with Crippen LogP contribution in [0, 0.1) is 0 Å². The molecule has 0 atom stereocenters. The lowest BCUT2D eigenvalue weighted by Gasteiger charge is -2.08. The van der Waals surface area contributed by atoms with Gasteiger partial charge in [-0.3, -0.25) is 9.89 Å². The molecule has 0 saturated heterocycles. The maximum absolute atomic E-state index is 12.0. The van der Waals surface area contributed by atoms with E-state index in [4.69, 9.17) is 0 Å². The van der Waals surface area contributed by atoms with Crippen LogP contribution in [-0.2, 0) is 6.54 Å². The average molecular weight is 311 g/mol. The molecule has 94 valence electrons. The Kier molecular flexibility index (Phi) is 3.88. The minimum atomic E-state index is -0.232. The number of carbonyl (C=O) groups is 1. The fourth-order valence-electron chi connectivity index (χ4n) is 1.39. The number of pyridine rings is 1. The molecule has 2 aromatic heterocycles. The predicted octanol–water partition coefficient (Wildman–Crippen LogP) is 0.934.